The minimum absolute atomic E-state index is 0.106. The van der Waals surface area contributed by atoms with Crippen LogP contribution in [0.5, 0.6) is 5.75 Å². The molecule has 3 aromatic rings. The number of hydrogen-bond acceptors (Lipinski definition) is 4. The highest BCUT2D eigenvalue weighted by Gasteiger charge is 2.60. The van der Waals surface area contributed by atoms with E-state index in [0.29, 0.717) is 25.6 Å². The maximum atomic E-state index is 13.8. The van der Waals surface area contributed by atoms with Gasteiger partial charge in [0.25, 0.3) is 5.91 Å². The van der Waals surface area contributed by atoms with E-state index in [1.165, 1.54) is 17.7 Å². The number of rotatable bonds is 6. The van der Waals surface area contributed by atoms with Crippen molar-refractivity contribution in [2.24, 2.45) is 0 Å². The number of hydrogen-bond donors (Lipinski definition) is 1. The minimum Gasteiger partial charge on any atom is -0.497 e. The Morgan fingerprint density at radius 2 is 1.91 bits per heavy atom. The normalized spacial score (nSPS) is 24.2. The van der Waals surface area contributed by atoms with Crippen molar-refractivity contribution in [1.29, 1.82) is 0 Å². The molecule has 2 aliphatic heterocycles. The van der Waals surface area contributed by atoms with Crippen molar-refractivity contribution in [3.05, 3.63) is 65.4 Å². The standard InChI is InChI=1S/C27H30N4O3/c1-27-16-21-20-15-19(34-3)11-12-22(20)28-23(21)24(17-7-5-4-6-8-17)31(27)26(33)30(25(27)32)14-13-29(2)18-9-10-18/h4-8,11-12,15,18,24,28H,9-10,13-14,16H2,1-3H3/t24-,27+/m1/s1. The Kier molecular flexibility index (Phi) is 4.74. The quantitative estimate of drug-likeness (QED) is 0.568. The summed E-state index contributed by atoms with van der Waals surface area (Å²) < 4.78 is 5.48. The number of fused-ring (bicyclic) bond motifs is 4. The summed E-state index contributed by atoms with van der Waals surface area (Å²) in [7, 11) is 3.74. The van der Waals surface area contributed by atoms with Crippen LogP contribution in [-0.2, 0) is 11.2 Å². The fraction of sp³-hybridized carbons (Fsp3) is 0.407. The third kappa shape index (κ3) is 3.06. The fourth-order valence-corrected chi connectivity index (χ4v) is 5.75. The largest absolute Gasteiger partial charge is 0.497 e. The summed E-state index contributed by atoms with van der Waals surface area (Å²) in [6.07, 6.45) is 2.87. The van der Waals surface area contributed by atoms with Crippen molar-refractivity contribution in [3.8, 4) is 5.75 Å². The van der Waals surface area contributed by atoms with Crippen LogP contribution in [0.1, 0.15) is 42.6 Å². The van der Waals surface area contributed by atoms with Crippen molar-refractivity contribution in [2.75, 3.05) is 27.2 Å². The number of ether oxygens (including phenoxy) is 1. The molecule has 3 amide bonds. The van der Waals surface area contributed by atoms with E-state index in [0.717, 1.165) is 33.5 Å². The van der Waals surface area contributed by atoms with Crippen molar-refractivity contribution >= 4 is 22.8 Å². The number of amides is 3. The van der Waals surface area contributed by atoms with Crippen molar-refractivity contribution < 1.29 is 14.3 Å². The highest BCUT2D eigenvalue weighted by atomic mass is 16.5. The van der Waals surface area contributed by atoms with Gasteiger partial charge in [0.1, 0.15) is 17.3 Å². The first-order valence-corrected chi connectivity index (χ1v) is 12.0. The summed E-state index contributed by atoms with van der Waals surface area (Å²) in [6.45, 7) is 3.05. The number of aromatic nitrogens is 1. The zero-order valence-corrected chi connectivity index (χ0v) is 19.9. The zero-order chi connectivity index (χ0) is 23.6. The van der Waals surface area contributed by atoms with E-state index in [4.69, 9.17) is 4.74 Å². The number of benzene rings is 2. The number of aromatic amines is 1. The van der Waals surface area contributed by atoms with Crippen LogP contribution in [0.4, 0.5) is 4.79 Å². The van der Waals surface area contributed by atoms with Gasteiger partial charge in [-0.2, -0.15) is 0 Å². The molecule has 2 atom stereocenters. The van der Waals surface area contributed by atoms with E-state index < -0.39 is 5.54 Å². The smallest absolute Gasteiger partial charge is 0.328 e. The van der Waals surface area contributed by atoms with E-state index in [9.17, 15) is 9.59 Å². The third-order valence-electron chi connectivity index (χ3n) is 7.84. The van der Waals surface area contributed by atoms with Gasteiger partial charge in [0.15, 0.2) is 0 Å². The molecule has 176 valence electrons. The van der Waals surface area contributed by atoms with Gasteiger partial charge >= 0.3 is 6.03 Å². The second kappa shape index (κ2) is 7.60. The third-order valence-corrected chi connectivity index (χ3v) is 7.84. The van der Waals surface area contributed by atoms with E-state index >= 15 is 0 Å². The summed E-state index contributed by atoms with van der Waals surface area (Å²) in [5.74, 6) is 0.669. The number of carbonyl (C=O) groups excluding carboxylic acids is 2. The molecular formula is C27H30N4O3. The van der Waals surface area contributed by atoms with Crippen LogP contribution in [0.3, 0.4) is 0 Å². The molecule has 1 saturated carbocycles. The van der Waals surface area contributed by atoms with Gasteiger partial charge in [0.2, 0.25) is 0 Å². The Balaban J connectivity index is 1.46. The predicted octanol–water partition coefficient (Wildman–Crippen LogP) is 3.94. The molecule has 1 N–H and O–H groups in total. The molecule has 1 aromatic heterocycles. The SMILES string of the molecule is COc1ccc2[nH]c3c(c2c1)C[C@@]1(C)C(=O)N(CCN(C)C2CC2)C(=O)N1[C@@H]3c1ccccc1. The molecule has 7 nitrogen and oxygen atoms in total. The van der Waals surface area contributed by atoms with Crippen LogP contribution in [0.2, 0.25) is 0 Å². The number of urea groups is 1. The number of nitrogens with zero attached hydrogens (tertiary/aromatic N) is 3. The Labute approximate surface area is 199 Å². The molecular weight excluding hydrogens is 428 g/mol. The molecule has 2 aromatic carbocycles. The van der Waals surface area contributed by atoms with Gasteiger partial charge in [0.05, 0.1) is 7.11 Å². The molecule has 6 rings (SSSR count). The molecule has 1 saturated heterocycles. The predicted molar refractivity (Wildman–Crippen MR) is 130 cm³/mol. The molecule has 0 bridgehead atoms. The summed E-state index contributed by atoms with van der Waals surface area (Å²) in [6, 6.07) is 16.0. The number of imide groups is 1. The van der Waals surface area contributed by atoms with Gasteiger partial charge in [-0.25, -0.2) is 4.79 Å². The molecule has 3 aliphatic rings. The van der Waals surface area contributed by atoms with Crippen molar-refractivity contribution in [1.82, 2.24) is 19.7 Å². The second-order valence-electron chi connectivity index (χ2n) is 10.0. The first-order chi connectivity index (χ1) is 16.4. The lowest BCUT2D eigenvalue weighted by atomic mass is 9.81. The Morgan fingerprint density at radius 3 is 2.62 bits per heavy atom. The Hall–Kier alpha value is -3.32. The number of methoxy groups -OCH3 is 1. The van der Waals surface area contributed by atoms with Gasteiger partial charge in [-0.05, 0) is 56.1 Å². The molecule has 3 heterocycles. The summed E-state index contributed by atoms with van der Waals surface area (Å²) in [4.78, 5) is 36.8. The number of H-pyrrole nitrogens is 1. The molecule has 34 heavy (non-hydrogen) atoms. The molecule has 0 spiro atoms. The maximum Gasteiger partial charge on any atom is 0.328 e. The van der Waals surface area contributed by atoms with Gasteiger partial charge in [-0.15, -0.1) is 0 Å². The molecule has 0 unspecified atom stereocenters. The van der Waals surface area contributed by atoms with Gasteiger partial charge in [0, 0.05) is 42.1 Å². The number of likely N-dealkylation sites (N-methyl/N-ethyl adjacent to an activating group) is 1. The van der Waals surface area contributed by atoms with E-state index in [2.05, 4.69) is 16.9 Å². The van der Waals surface area contributed by atoms with Crippen molar-refractivity contribution in [3.63, 3.8) is 0 Å². The number of carbonyl (C=O) groups is 2. The fourth-order valence-electron chi connectivity index (χ4n) is 5.75. The highest BCUT2D eigenvalue weighted by Crippen LogP contribution is 2.49. The van der Waals surface area contributed by atoms with E-state index in [1.54, 1.807) is 7.11 Å². The van der Waals surface area contributed by atoms with Crippen LogP contribution < -0.4 is 4.74 Å². The van der Waals surface area contributed by atoms with Crippen LogP contribution in [0, 0.1) is 0 Å². The van der Waals surface area contributed by atoms with E-state index in [1.807, 2.05) is 60.4 Å². The molecule has 7 heteroatoms. The summed E-state index contributed by atoms with van der Waals surface area (Å²) >= 11 is 0. The average molecular weight is 459 g/mol. The topological polar surface area (TPSA) is 68.9 Å². The van der Waals surface area contributed by atoms with E-state index in [-0.39, 0.29) is 18.0 Å². The Bertz CT molecular complexity index is 1280. The highest BCUT2D eigenvalue weighted by molar-refractivity contribution is 6.08. The van der Waals surface area contributed by atoms with Gasteiger partial charge < -0.3 is 14.6 Å². The molecule has 2 fully saturated rings. The summed E-state index contributed by atoms with van der Waals surface area (Å²) in [5.41, 5.74) is 3.09. The molecule has 1 aliphatic carbocycles. The lowest BCUT2D eigenvalue weighted by molar-refractivity contribution is -0.133. The first kappa shape index (κ1) is 21.2. The molecule has 0 radical (unpaired) electrons. The Morgan fingerprint density at radius 1 is 1.15 bits per heavy atom. The van der Waals surface area contributed by atoms with Gasteiger partial charge in [-0.3, -0.25) is 14.6 Å². The average Bonchev–Trinajstić information content (AvgIpc) is 3.62. The van der Waals surface area contributed by atoms with Crippen LogP contribution >= 0.6 is 0 Å². The second-order valence-corrected chi connectivity index (χ2v) is 10.0. The minimum atomic E-state index is -0.944. The van der Waals surface area contributed by atoms with Crippen LogP contribution in [0.25, 0.3) is 10.9 Å². The van der Waals surface area contributed by atoms with Crippen molar-refractivity contribution in [2.45, 2.75) is 43.8 Å². The summed E-state index contributed by atoms with van der Waals surface area (Å²) in [5, 5.41) is 1.04. The lowest BCUT2D eigenvalue weighted by Gasteiger charge is -2.42. The number of nitrogens with one attached hydrogen (secondary N) is 1. The zero-order valence-electron chi connectivity index (χ0n) is 19.9. The maximum absolute atomic E-state index is 13.8. The van der Waals surface area contributed by atoms with Gasteiger partial charge in [-0.1, -0.05) is 30.3 Å². The first-order valence-electron chi connectivity index (χ1n) is 12.0. The monoisotopic (exact) mass is 458 g/mol. The lowest BCUT2D eigenvalue weighted by Crippen LogP contribution is -2.53. The van der Waals surface area contributed by atoms with Crippen LogP contribution in [0.15, 0.2) is 48.5 Å². The van der Waals surface area contributed by atoms with Crippen LogP contribution in [-0.4, -0.2) is 70.4 Å².